The molecule has 2 rings (SSSR count). The number of hydrazone groups is 1. The summed E-state index contributed by atoms with van der Waals surface area (Å²) in [5, 5.41) is 3.95. The van der Waals surface area contributed by atoms with Crippen LogP contribution in [0.15, 0.2) is 52.0 Å². The molecule has 0 saturated heterocycles. The fraction of sp³-hybridized carbons (Fsp3) is 0.167. The van der Waals surface area contributed by atoms with E-state index < -0.39 is 0 Å². The zero-order valence-corrected chi connectivity index (χ0v) is 15.4. The fourth-order valence-corrected chi connectivity index (χ4v) is 2.27. The Hall–Kier alpha value is -2.67. The van der Waals surface area contributed by atoms with Crippen molar-refractivity contribution in [3.63, 3.8) is 0 Å². The number of amides is 1. The summed E-state index contributed by atoms with van der Waals surface area (Å²) >= 11 is 3.31. The standard InChI is InChI=1S/C18H17BrN2O4/c1-12(22)25-11-15-9-13(3-8-17(15)24-2)10-20-21-18(23)14-4-6-16(19)7-5-14/h3-10H,11H2,1-2H3,(H,21,23). The molecule has 0 unspecified atom stereocenters. The molecule has 7 heteroatoms. The van der Waals surface area contributed by atoms with Gasteiger partial charge in [0.15, 0.2) is 0 Å². The van der Waals surface area contributed by atoms with E-state index in [2.05, 4.69) is 26.5 Å². The Morgan fingerprint density at radius 2 is 1.92 bits per heavy atom. The summed E-state index contributed by atoms with van der Waals surface area (Å²) in [6.07, 6.45) is 1.51. The van der Waals surface area contributed by atoms with Crippen LogP contribution in [0.5, 0.6) is 5.75 Å². The van der Waals surface area contributed by atoms with Crippen molar-refractivity contribution in [2.75, 3.05) is 7.11 Å². The van der Waals surface area contributed by atoms with Crippen LogP contribution >= 0.6 is 15.9 Å². The summed E-state index contributed by atoms with van der Waals surface area (Å²) in [6.45, 7) is 1.45. The molecule has 0 fully saturated rings. The topological polar surface area (TPSA) is 77.0 Å². The zero-order valence-electron chi connectivity index (χ0n) is 13.8. The zero-order chi connectivity index (χ0) is 18.2. The number of nitrogens with zero attached hydrogens (tertiary/aromatic N) is 1. The second kappa shape index (κ2) is 8.98. The van der Waals surface area contributed by atoms with Crippen molar-refractivity contribution >= 4 is 34.0 Å². The largest absolute Gasteiger partial charge is 0.496 e. The number of esters is 1. The number of ether oxygens (including phenoxy) is 2. The third-order valence-corrected chi connectivity index (χ3v) is 3.75. The van der Waals surface area contributed by atoms with Crippen molar-refractivity contribution < 1.29 is 19.1 Å². The van der Waals surface area contributed by atoms with Crippen molar-refractivity contribution in [1.82, 2.24) is 5.43 Å². The van der Waals surface area contributed by atoms with Crippen LogP contribution in [0.25, 0.3) is 0 Å². The fourth-order valence-electron chi connectivity index (χ4n) is 2.00. The maximum atomic E-state index is 12.0. The quantitative estimate of drug-likeness (QED) is 0.455. The third-order valence-electron chi connectivity index (χ3n) is 3.22. The number of benzene rings is 2. The highest BCUT2D eigenvalue weighted by atomic mass is 79.9. The van der Waals surface area contributed by atoms with Crippen molar-refractivity contribution in [2.24, 2.45) is 5.10 Å². The number of hydrogen-bond acceptors (Lipinski definition) is 5. The minimum Gasteiger partial charge on any atom is -0.496 e. The summed E-state index contributed by atoms with van der Waals surface area (Å²) in [4.78, 5) is 22.9. The van der Waals surface area contributed by atoms with E-state index in [0.717, 1.165) is 10.0 Å². The van der Waals surface area contributed by atoms with Gasteiger partial charge in [0.05, 0.1) is 13.3 Å². The van der Waals surface area contributed by atoms with Crippen LogP contribution in [0.1, 0.15) is 28.4 Å². The van der Waals surface area contributed by atoms with E-state index in [0.29, 0.717) is 16.9 Å². The number of nitrogens with one attached hydrogen (secondary N) is 1. The molecular weight excluding hydrogens is 388 g/mol. The molecule has 2 aromatic carbocycles. The van der Waals surface area contributed by atoms with E-state index >= 15 is 0 Å². The van der Waals surface area contributed by atoms with Crippen molar-refractivity contribution in [2.45, 2.75) is 13.5 Å². The maximum absolute atomic E-state index is 12.0. The molecule has 0 spiro atoms. The van der Waals surface area contributed by atoms with Gasteiger partial charge in [0, 0.05) is 22.5 Å². The molecule has 0 bridgehead atoms. The molecule has 0 aromatic heterocycles. The lowest BCUT2D eigenvalue weighted by Crippen LogP contribution is -2.17. The van der Waals surface area contributed by atoms with Crippen molar-refractivity contribution in [3.05, 3.63) is 63.6 Å². The predicted octanol–water partition coefficient (Wildman–Crippen LogP) is 3.28. The molecule has 0 aliphatic carbocycles. The van der Waals surface area contributed by atoms with E-state index in [-0.39, 0.29) is 18.5 Å². The monoisotopic (exact) mass is 404 g/mol. The van der Waals surface area contributed by atoms with E-state index in [1.807, 2.05) is 0 Å². The molecular formula is C18H17BrN2O4. The number of hydrogen-bond donors (Lipinski definition) is 1. The number of methoxy groups -OCH3 is 1. The third kappa shape index (κ3) is 5.72. The highest BCUT2D eigenvalue weighted by Crippen LogP contribution is 2.20. The first-order valence-electron chi connectivity index (χ1n) is 7.39. The second-order valence-electron chi connectivity index (χ2n) is 5.06. The van der Waals surface area contributed by atoms with Gasteiger partial charge in [-0.1, -0.05) is 15.9 Å². The van der Waals surface area contributed by atoms with Gasteiger partial charge in [0.25, 0.3) is 5.91 Å². The van der Waals surface area contributed by atoms with Crippen LogP contribution in [-0.4, -0.2) is 25.2 Å². The average Bonchev–Trinajstić information content (AvgIpc) is 2.60. The van der Waals surface area contributed by atoms with E-state index in [9.17, 15) is 9.59 Å². The Morgan fingerprint density at radius 1 is 1.20 bits per heavy atom. The lowest BCUT2D eigenvalue weighted by atomic mass is 10.1. The number of carbonyl (C=O) groups excluding carboxylic acids is 2. The van der Waals surface area contributed by atoms with Gasteiger partial charge in [-0.2, -0.15) is 5.10 Å². The first-order chi connectivity index (χ1) is 12.0. The Labute approximate surface area is 154 Å². The highest BCUT2D eigenvalue weighted by molar-refractivity contribution is 9.10. The number of halogens is 1. The number of carbonyl (C=O) groups is 2. The Morgan fingerprint density at radius 3 is 2.56 bits per heavy atom. The molecule has 6 nitrogen and oxygen atoms in total. The molecule has 25 heavy (non-hydrogen) atoms. The summed E-state index contributed by atoms with van der Waals surface area (Å²) in [5.74, 6) is -0.0717. The minimum absolute atomic E-state index is 0.103. The summed E-state index contributed by atoms with van der Waals surface area (Å²) in [6, 6.07) is 12.3. The molecule has 2 aromatic rings. The summed E-state index contributed by atoms with van der Waals surface area (Å²) < 4.78 is 11.1. The van der Waals surface area contributed by atoms with Gasteiger partial charge in [-0.05, 0) is 48.0 Å². The molecule has 0 aliphatic heterocycles. The van der Waals surface area contributed by atoms with E-state index in [1.54, 1.807) is 49.6 Å². The van der Waals surface area contributed by atoms with Crippen LogP contribution in [0.4, 0.5) is 0 Å². The lowest BCUT2D eigenvalue weighted by molar-refractivity contribution is -0.142. The van der Waals surface area contributed by atoms with Gasteiger partial charge in [0.2, 0.25) is 0 Å². The Balaban J connectivity index is 2.04. The average molecular weight is 405 g/mol. The summed E-state index contributed by atoms with van der Waals surface area (Å²) in [5.41, 5.74) is 4.41. The lowest BCUT2D eigenvalue weighted by Gasteiger charge is -2.09. The first-order valence-corrected chi connectivity index (χ1v) is 8.18. The van der Waals surface area contributed by atoms with Gasteiger partial charge < -0.3 is 9.47 Å². The maximum Gasteiger partial charge on any atom is 0.302 e. The van der Waals surface area contributed by atoms with Crippen LogP contribution < -0.4 is 10.2 Å². The van der Waals surface area contributed by atoms with E-state index in [1.165, 1.54) is 13.1 Å². The van der Waals surface area contributed by atoms with Gasteiger partial charge in [-0.25, -0.2) is 5.43 Å². The van der Waals surface area contributed by atoms with Crippen LogP contribution in [0.2, 0.25) is 0 Å². The molecule has 1 amide bonds. The SMILES string of the molecule is COc1ccc(C=NNC(=O)c2ccc(Br)cc2)cc1COC(C)=O. The minimum atomic E-state index is -0.372. The number of rotatable bonds is 6. The highest BCUT2D eigenvalue weighted by Gasteiger charge is 2.06. The smallest absolute Gasteiger partial charge is 0.302 e. The second-order valence-corrected chi connectivity index (χ2v) is 5.97. The predicted molar refractivity (Wildman–Crippen MR) is 97.7 cm³/mol. The molecule has 1 N–H and O–H groups in total. The summed E-state index contributed by atoms with van der Waals surface area (Å²) in [7, 11) is 1.54. The van der Waals surface area contributed by atoms with Gasteiger partial charge in [-0.3, -0.25) is 9.59 Å². The Bertz CT molecular complexity index is 788. The molecule has 130 valence electrons. The molecule has 0 saturated carbocycles. The molecule has 0 aliphatic rings. The molecule has 0 radical (unpaired) electrons. The van der Waals surface area contributed by atoms with Crippen LogP contribution in [0.3, 0.4) is 0 Å². The van der Waals surface area contributed by atoms with Crippen LogP contribution in [0, 0.1) is 0 Å². The van der Waals surface area contributed by atoms with Crippen molar-refractivity contribution in [1.29, 1.82) is 0 Å². The van der Waals surface area contributed by atoms with E-state index in [4.69, 9.17) is 9.47 Å². The molecule has 0 heterocycles. The van der Waals surface area contributed by atoms with Crippen molar-refractivity contribution in [3.8, 4) is 5.75 Å². The molecule has 0 atom stereocenters. The normalized spacial score (nSPS) is 10.5. The Kier molecular flexibility index (Phi) is 6.71. The first kappa shape index (κ1) is 18.7. The van der Waals surface area contributed by atoms with Gasteiger partial charge in [-0.15, -0.1) is 0 Å². The van der Waals surface area contributed by atoms with Crippen LogP contribution in [-0.2, 0) is 16.1 Å². The van der Waals surface area contributed by atoms with Gasteiger partial charge >= 0.3 is 5.97 Å². The van der Waals surface area contributed by atoms with Gasteiger partial charge in [0.1, 0.15) is 12.4 Å².